The van der Waals surface area contributed by atoms with Crippen LogP contribution in [0.1, 0.15) is 58.3 Å². The SMILES string of the molecule is CCCCCCCCCCNCC(C#N)CN(C)C. The van der Waals surface area contributed by atoms with E-state index in [1.54, 1.807) is 0 Å². The highest BCUT2D eigenvalue weighted by atomic mass is 15.1. The summed E-state index contributed by atoms with van der Waals surface area (Å²) in [6.45, 7) is 4.99. The third-order valence-corrected chi connectivity index (χ3v) is 3.37. The second kappa shape index (κ2) is 13.8. The van der Waals surface area contributed by atoms with Gasteiger partial charge in [-0.25, -0.2) is 0 Å². The minimum Gasteiger partial charge on any atom is -0.315 e. The van der Waals surface area contributed by atoms with E-state index in [0.717, 1.165) is 19.6 Å². The van der Waals surface area contributed by atoms with Crippen LogP contribution in [0.5, 0.6) is 0 Å². The third kappa shape index (κ3) is 13.6. The first-order chi connectivity index (χ1) is 9.20. The number of nitrogens with one attached hydrogen (secondary N) is 1. The Labute approximate surface area is 120 Å². The van der Waals surface area contributed by atoms with Crippen LogP contribution in [-0.2, 0) is 0 Å². The first kappa shape index (κ1) is 18.4. The van der Waals surface area contributed by atoms with E-state index in [-0.39, 0.29) is 5.92 Å². The van der Waals surface area contributed by atoms with Gasteiger partial charge in [0.2, 0.25) is 0 Å². The molecule has 0 aliphatic carbocycles. The predicted octanol–water partition coefficient (Wildman–Crippen LogP) is 3.42. The Hall–Kier alpha value is -0.590. The first-order valence-corrected chi connectivity index (χ1v) is 7.95. The van der Waals surface area contributed by atoms with E-state index in [2.05, 4.69) is 23.2 Å². The van der Waals surface area contributed by atoms with Gasteiger partial charge in [0.05, 0.1) is 12.0 Å². The van der Waals surface area contributed by atoms with Crippen LogP contribution in [0.25, 0.3) is 0 Å². The van der Waals surface area contributed by atoms with E-state index in [1.165, 1.54) is 51.4 Å². The summed E-state index contributed by atoms with van der Waals surface area (Å²) < 4.78 is 0. The molecule has 19 heavy (non-hydrogen) atoms. The molecule has 0 aromatic heterocycles. The predicted molar refractivity (Wildman–Crippen MR) is 83.1 cm³/mol. The van der Waals surface area contributed by atoms with Crippen LogP contribution in [0, 0.1) is 17.2 Å². The lowest BCUT2D eigenvalue weighted by Gasteiger charge is -2.15. The van der Waals surface area contributed by atoms with Crippen LogP contribution in [0.15, 0.2) is 0 Å². The molecule has 0 spiro atoms. The van der Waals surface area contributed by atoms with Crippen LogP contribution < -0.4 is 5.32 Å². The van der Waals surface area contributed by atoms with Crippen molar-refractivity contribution in [1.29, 1.82) is 5.26 Å². The summed E-state index contributed by atoms with van der Waals surface area (Å²) in [5.74, 6) is 0.115. The quantitative estimate of drug-likeness (QED) is 0.520. The van der Waals surface area contributed by atoms with Gasteiger partial charge < -0.3 is 10.2 Å². The van der Waals surface area contributed by atoms with Crippen molar-refractivity contribution in [3.63, 3.8) is 0 Å². The van der Waals surface area contributed by atoms with Gasteiger partial charge in [-0.05, 0) is 27.1 Å². The second-order valence-electron chi connectivity index (χ2n) is 5.77. The maximum atomic E-state index is 9.00. The van der Waals surface area contributed by atoms with E-state index in [1.807, 2.05) is 14.1 Å². The fourth-order valence-corrected chi connectivity index (χ4v) is 2.25. The highest BCUT2D eigenvalue weighted by Gasteiger charge is 2.07. The molecule has 0 fully saturated rings. The molecule has 3 nitrogen and oxygen atoms in total. The largest absolute Gasteiger partial charge is 0.315 e. The Balaban J connectivity index is 3.24. The Morgan fingerprint density at radius 3 is 2.11 bits per heavy atom. The minimum atomic E-state index is 0.115. The number of hydrogen-bond donors (Lipinski definition) is 1. The second-order valence-corrected chi connectivity index (χ2v) is 5.77. The molecule has 0 bridgehead atoms. The van der Waals surface area contributed by atoms with E-state index < -0.39 is 0 Å². The van der Waals surface area contributed by atoms with Crippen molar-refractivity contribution >= 4 is 0 Å². The van der Waals surface area contributed by atoms with Gasteiger partial charge in [-0.15, -0.1) is 0 Å². The zero-order valence-electron chi connectivity index (χ0n) is 13.2. The molecule has 0 heterocycles. The number of nitriles is 1. The monoisotopic (exact) mass is 267 g/mol. The Morgan fingerprint density at radius 1 is 1.00 bits per heavy atom. The Bertz CT molecular complexity index is 221. The molecular weight excluding hydrogens is 234 g/mol. The molecule has 1 N–H and O–H groups in total. The summed E-state index contributed by atoms with van der Waals surface area (Å²) in [6, 6.07) is 2.36. The van der Waals surface area contributed by atoms with Gasteiger partial charge in [-0.2, -0.15) is 5.26 Å². The van der Waals surface area contributed by atoms with Gasteiger partial charge in [0.15, 0.2) is 0 Å². The average molecular weight is 267 g/mol. The van der Waals surface area contributed by atoms with Crippen LogP contribution in [0.2, 0.25) is 0 Å². The maximum absolute atomic E-state index is 9.00. The van der Waals surface area contributed by atoms with Crippen molar-refractivity contribution in [2.45, 2.75) is 58.3 Å². The van der Waals surface area contributed by atoms with Gasteiger partial charge in [0, 0.05) is 13.1 Å². The fraction of sp³-hybridized carbons (Fsp3) is 0.938. The maximum Gasteiger partial charge on any atom is 0.0714 e. The van der Waals surface area contributed by atoms with Gasteiger partial charge in [0.1, 0.15) is 0 Å². The highest BCUT2D eigenvalue weighted by Crippen LogP contribution is 2.07. The molecular formula is C16H33N3. The van der Waals surface area contributed by atoms with Crippen molar-refractivity contribution in [3.8, 4) is 6.07 Å². The fourth-order valence-electron chi connectivity index (χ4n) is 2.25. The third-order valence-electron chi connectivity index (χ3n) is 3.37. The van der Waals surface area contributed by atoms with E-state index in [4.69, 9.17) is 5.26 Å². The van der Waals surface area contributed by atoms with Gasteiger partial charge >= 0.3 is 0 Å². The zero-order chi connectivity index (χ0) is 14.3. The van der Waals surface area contributed by atoms with E-state index in [0.29, 0.717) is 0 Å². The molecule has 0 saturated carbocycles. The van der Waals surface area contributed by atoms with E-state index >= 15 is 0 Å². The van der Waals surface area contributed by atoms with Crippen molar-refractivity contribution in [3.05, 3.63) is 0 Å². The standard InChI is InChI=1S/C16H33N3/c1-4-5-6-7-8-9-10-11-12-18-14-16(13-17)15-19(2)3/h16,18H,4-12,14-15H2,1-3H3. The van der Waals surface area contributed by atoms with Crippen LogP contribution in [0.3, 0.4) is 0 Å². The summed E-state index contributed by atoms with van der Waals surface area (Å²) in [7, 11) is 4.03. The normalized spacial score (nSPS) is 12.6. The molecule has 0 radical (unpaired) electrons. The summed E-state index contributed by atoms with van der Waals surface area (Å²) in [5, 5.41) is 12.4. The van der Waals surface area contributed by atoms with Crippen molar-refractivity contribution in [2.24, 2.45) is 5.92 Å². The molecule has 1 atom stereocenters. The van der Waals surface area contributed by atoms with Crippen LogP contribution >= 0.6 is 0 Å². The van der Waals surface area contributed by atoms with Crippen molar-refractivity contribution < 1.29 is 0 Å². The number of rotatable bonds is 13. The van der Waals surface area contributed by atoms with Crippen molar-refractivity contribution in [2.75, 3.05) is 33.7 Å². The van der Waals surface area contributed by atoms with Gasteiger partial charge in [-0.1, -0.05) is 51.9 Å². The lowest BCUT2D eigenvalue weighted by molar-refractivity contribution is 0.353. The lowest BCUT2D eigenvalue weighted by Crippen LogP contribution is -2.30. The summed E-state index contributed by atoms with van der Waals surface area (Å²) in [4.78, 5) is 2.08. The summed E-state index contributed by atoms with van der Waals surface area (Å²) in [5.41, 5.74) is 0. The first-order valence-electron chi connectivity index (χ1n) is 7.95. The number of hydrogen-bond acceptors (Lipinski definition) is 3. The highest BCUT2D eigenvalue weighted by molar-refractivity contribution is 4.85. The summed E-state index contributed by atoms with van der Waals surface area (Å²) >= 11 is 0. The lowest BCUT2D eigenvalue weighted by atomic mass is 10.1. The van der Waals surface area contributed by atoms with Gasteiger partial charge in [0.25, 0.3) is 0 Å². The number of unbranched alkanes of at least 4 members (excludes halogenated alkanes) is 7. The zero-order valence-corrected chi connectivity index (χ0v) is 13.2. The van der Waals surface area contributed by atoms with Crippen LogP contribution in [0.4, 0.5) is 0 Å². The minimum absolute atomic E-state index is 0.115. The average Bonchev–Trinajstić information content (AvgIpc) is 2.39. The molecule has 3 heteroatoms. The number of nitrogens with zero attached hydrogens (tertiary/aromatic N) is 2. The summed E-state index contributed by atoms with van der Waals surface area (Å²) in [6.07, 6.45) is 10.9. The van der Waals surface area contributed by atoms with Gasteiger partial charge in [-0.3, -0.25) is 0 Å². The molecule has 1 unspecified atom stereocenters. The molecule has 0 aromatic rings. The Morgan fingerprint density at radius 2 is 1.58 bits per heavy atom. The van der Waals surface area contributed by atoms with Crippen LogP contribution in [-0.4, -0.2) is 38.6 Å². The van der Waals surface area contributed by atoms with Crippen molar-refractivity contribution in [1.82, 2.24) is 10.2 Å². The molecule has 0 amide bonds. The molecule has 112 valence electrons. The molecule has 0 saturated heterocycles. The van der Waals surface area contributed by atoms with E-state index in [9.17, 15) is 0 Å². The topological polar surface area (TPSA) is 39.1 Å². The molecule has 0 aromatic carbocycles. The molecule has 0 aliphatic heterocycles. The smallest absolute Gasteiger partial charge is 0.0714 e. The molecule has 0 aliphatic rings. The molecule has 0 rings (SSSR count). The Kier molecular flexibility index (Phi) is 13.4.